The van der Waals surface area contributed by atoms with Crippen LogP contribution in [-0.2, 0) is 27.2 Å². The first-order valence-corrected chi connectivity index (χ1v) is 11.4. The number of fused-ring (bicyclic) bond motifs is 1. The van der Waals surface area contributed by atoms with Gasteiger partial charge in [0, 0.05) is 35.7 Å². The SMILES string of the molecule is CC[C@H]1CCCCN1Cc1nc2c(c(=O)n(C)c(=O)n2C)n1Cc1c(Cl)cccc1Cl. The number of imidazole rings is 1. The summed E-state index contributed by atoms with van der Waals surface area (Å²) in [5.74, 6) is 0.740. The van der Waals surface area contributed by atoms with Gasteiger partial charge in [0.15, 0.2) is 11.2 Å². The average Bonchev–Trinajstić information content (AvgIpc) is 3.12. The second kappa shape index (κ2) is 8.81. The van der Waals surface area contributed by atoms with Crippen LogP contribution in [0.3, 0.4) is 0 Å². The average molecular weight is 464 g/mol. The maximum absolute atomic E-state index is 13.1. The predicted molar refractivity (Wildman–Crippen MR) is 124 cm³/mol. The fraction of sp³-hybridized carbons (Fsp3) is 0.500. The Hall–Kier alpha value is -2.09. The molecule has 0 N–H and O–H groups in total. The lowest BCUT2D eigenvalue weighted by atomic mass is 10.00. The first-order chi connectivity index (χ1) is 14.8. The molecule has 0 radical (unpaired) electrons. The summed E-state index contributed by atoms with van der Waals surface area (Å²) >= 11 is 12.9. The Morgan fingerprint density at radius 1 is 1.06 bits per heavy atom. The second-order valence-corrected chi connectivity index (χ2v) is 9.04. The monoisotopic (exact) mass is 463 g/mol. The zero-order valence-corrected chi connectivity index (χ0v) is 19.6. The van der Waals surface area contributed by atoms with Crippen molar-refractivity contribution in [2.24, 2.45) is 14.1 Å². The van der Waals surface area contributed by atoms with Crippen LogP contribution in [0.1, 0.15) is 44.0 Å². The van der Waals surface area contributed by atoms with E-state index in [-0.39, 0.29) is 5.56 Å². The van der Waals surface area contributed by atoms with Crippen LogP contribution in [0.5, 0.6) is 0 Å². The molecule has 1 fully saturated rings. The van der Waals surface area contributed by atoms with E-state index in [1.54, 1.807) is 25.2 Å². The number of benzene rings is 1. The zero-order valence-electron chi connectivity index (χ0n) is 18.1. The maximum Gasteiger partial charge on any atom is 0.332 e. The van der Waals surface area contributed by atoms with Crippen LogP contribution < -0.4 is 11.2 Å². The number of hydrogen-bond donors (Lipinski definition) is 0. The Labute approximate surface area is 190 Å². The summed E-state index contributed by atoms with van der Waals surface area (Å²) in [6.07, 6.45) is 4.60. The molecule has 0 amide bonds. The summed E-state index contributed by atoms with van der Waals surface area (Å²) in [5, 5.41) is 1.07. The van der Waals surface area contributed by atoms with E-state index in [1.165, 1.54) is 18.0 Å². The molecule has 166 valence electrons. The number of nitrogens with zero attached hydrogens (tertiary/aromatic N) is 5. The Morgan fingerprint density at radius 2 is 1.77 bits per heavy atom. The van der Waals surface area contributed by atoms with Gasteiger partial charge in [-0.1, -0.05) is 42.6 Å². The molecule has 1 aliphatic rings. The molecule has 7 nitrogen and oxygen atoms in total. The fourth-order valence-electron chi connectivity index (χ4n) is 4.54. The molecule has 0 unspecified atom stereocenters. The molecular formula is C22H27Cl2N5O2. The highest BCUT2D eigenvalue weighted by molar-refractivity contribution is 6.36. The summed E-state index contributed by atoms with van der Waals surface area (Å²) in [5.41, 5.74) is 0.740. The molecule has 31 heavy (non-hydrogen) atoms. The fourth-order valence-corrected chi connectivity index (χ4v) is 5.05. The Balaban J connectivity index is 1.91. The van der Waals surface area contributed by atoms with Crippen molar-refractivity contribution in [3.63, 3.8) is 0 Å². The number of hydrogen-bond acceptors (Lipinski definition) is 4. The molecule has 1 aromatic carbocycles. The summed E-state index contributed by atoms with van der Waals surface area (Å²) in [6, 6.07) is 5.85. The van der Waals surface area contributed by atoms with Gasteiger partial charge in [0.25, 0.3) is 5.56 Å². The summed E-state index contributed by atoms with van der Waals surface area (Å²) in [7, 11) is 3.13. The number of rotatable bonds is 5. The standard InChI is InChI=1S/C22H27Cl2N5O2/c1-4-14-8-5-6-11-28(14)13-18-25-20-19(21(30)27(3)22(31)26(20)2)29(18)12-15-16(23)9-7-10-17(15)24/h7,9-10,14H,4-6,8,11-13H2,1-3H3/t14-/m0/s1. The minimum absolute atomic E-state index is 0.308. The highest BCUT2D eigenvalue weighted by Gasteiger charge is 2.26. The van der Waals surface area contributed by atoms with Crippen LogP contribution in [0, 0.1) is 0 Å². The van der Waals surface area contributed by atoms with E-state index in [9.17, 15) is 9.59 Å². The smallest absolute Gasteiger partial charge is 0.316 e. The zero-order chi connectivity index (χ0) is 22.3. The number of piperidine rings is 1. The minimum atomic E-state index is -0.395. The molecule has 4 rings (SSSR count). The highest BCUT2D eigenvalue weighted by Crippen LogP contribution is 2.28. The number of aromatic nitrogens is 4. The van der Waals surface area contributed by atoms with Gasteiger partial charge in [-0.2, -0.15) is 0 Å². The molecule has 9 heteroatoms. The molecule has 3 aromatic rings. The molecule has 0 bridgehead atoms. The summed E-state index contributed by atoms with van der Waals surface area (Å²) in [4.78, 5) is 32.8. The van der Waals surface area contributed by atoms with Crippen molar-refractivity contribution >= 4 is 34.4 Å². The van der Waals surface area contributed by atoms with Crippen LogP contribution >= 0.6 is 23.2 Å². The lowest BCUT2D eigenvalue weighted by Crippen LogP contribution is -2.39. The lowest BCUT2D eigenvalue weighted by molar-refractivity contribution is 0.131. The first kappa shape index (κ1) is 22.1. The summed E-state index contributed by atoms with van der Waals surface area (Å²) in [6.45, 7) is 4.11. The van der Waals surface area contributed by atoms with Crippen LogP contribution in [-0.4, -0.2) is 36.2 Å². The third-order valence-corrected chi connectivity index (χ3v) is 7.08. The number of halogens is 2. The lowest BCUT2D eigenvalue weighted by Gasteiger charge is -2.34. The Bertz CT molecular complexity index is 1220. The largest absolute Gasteiger partial charge is 0.332 e. The van der Waals surface area contributed by atoms with Crippen molar-refractivity contribution < 1.29 is 0 Å². The topological polar surface area (TPSA) is 65.1 Å². The van der Waals surface area contributed by atoms with Gasteiger partial charge >= 0.3 is 5.69 Å². The van der Waals surface area contributed by atoms with Crippen LogP contribution in [0.2, 0.25) is 10.0 Å². The molecule has 1 atom stereocenters. The molecule has 1 saturated heterocycles. The van der Waals surface area contributed by atoms with E-state index in [0.29, 0.717) is 40.3 Å². The third-order valence-electron chi connectivity index (χ3n) is 6.37. The van der Waals surface area contributed by atoms with Gasteiger partial charge in [-0.05, 0) is 37.9 Å². The van der Waals surface area contributed by atoms with E-state index in [0.717, 1.165) is 41.8 Å². The molecular weight excluding hydrogens is 437 g/mol. The first-order valence-electron chi connectivity index (χ1n) is 10.7. The minimum Gasteiger partial charge on any atom is -0.316 e. The van der Waals surface area contributed by atoms with Crippen LogP contribution in [0.15, 0.2) is 27.8 Å². The molecule has 0 saturated carbocycles. The highest BCUT2D eigenvalue weighted by atomic mass is 35.5. The Morgan fingerprint density at radius 3 is 2.45 bits per heavy atom. The van der Waals surface area contributed by atoms with E-state index in [1.807, 2.05) is 4.57 Å². The molecule has 0 aliphatic carbocycles. The van der Waals surface area contributed by atoms with Crippen molar-refractivity contribution in [3.8, 4) is 0 Å². The quantitative estimate of drug-likeness (QED) is 0.580. The van der Waals surface area contributed by atoms with Crippen LogP contribution in [0.4, 0.5) is 0 Å². The second-order valence-electron chi connectivity index (χ2n) is 8.22. The third kappa shape index (κ3) is 3.95. The van der Waals surface area contributed by atoms with Gasteiger partial charge in [0.1, 0.15) is 5.82 Å². The van der Waals surface area contributed by atoms with E-state index >= 15 is 0 Å². The number of aryl methyl sites for hydroxylation is 1. The Kier molecular flexibility index (Phi) is 6.28. The van der Waals surface area contributed by atoms with Gasteiger partial charge in [0.05, 0.1) is 13.1 Å². The van der Waals surface area contributed by atoms with E-state index < -0.39 is 5.69 Å². The van der Waals surface area contributed by atoms with Crippen molar-refractivity contribution in [2.75, 3.05) is 6.54 Å². The van der Waals surface area contributed by atoms with Gasteiger partial charge in [-0.25, -0.2) is 9.78 Å². The van der Waals surface area contributed by atoms with Gasteiger partial charge < -0.3 is 4.57 Å². The number of likely N-dealkylation sites (tertiary alicyclic amines) is 1. The van der Waals surface area contributed by atoms with Crippen molar-refractivity contribution in [1.29, 1.82) is 0 Å². The van der Waals surface area contributed by atoms with Crippen molar-refractivity contribution in [2.45, 2.75) is 51.7 Å². The molecule has 1 aliphatic heterocycles. The summed E-state index contributed by atoms with van der Waals surface area (Å²) < 4.78 is 4.43. The van der Waals surface area contributed by atoms with E-state index in [4.69, 9.17) is 28.2 Å². The van der Waals surface area contributed by atoms with Crippen molar-refractivity contribution in [1.82, 2.24) is 23.6 Å². The van der Waals surface area contributed by atoms with Gasteiger partial charge in [-0.3, -0.25) is 18.8 Å². The van der Waals surface area contributed by atoms with E-state index in [2.05, 4.69) is 11.8 Å². The molecule has 3 heterocycles. The maximum atomic E-state index is 13.1. The molecule has 2 aromatic heterocycles. The van der Waals surface area contributed by atoms with Gasteiger partial charge in [-0.15, -0.1) is 0 Å². The van der Waals surface area contributed by atoms with Gasteiger partial charge in [0.2, 0.25) is 0 Å². The van der Waals surface area contributed by atoms with Crippen LogP contribution in [0.25, 0.3) is 11.2 Å². The normalized spacial score (nSPS) is 17.5. The molecule has 0 spiro atoms. The predicted octanol–water partition coefficient (Wildman–Crippen LogP) is 3.55. The van der Waals surface area contributed by atoms with Crippen molar-refractivity contribution in [3.05, 3.63) is 60.5 Å².